The molecule has 1 aliphatic carbocycles. The minimum Gasteiger partial charge on any atom is -0.486 e. The number of halogens is 1. The van der Waals surface area contributed by atoms with Crippen molar-refractivity contribution in [3.63, 3.8) is 0 Å². The Hall–Kier alpha value is -1.31. The van der Waals surface area contributed by atoms with E-state index in [-0.39, 0.29) is 36.8 Å². The Morgan fingerprint density at radius 2 is 1.84 bits per heavy atom. The smallest absolute Gasteiger partial charge is 0.221 e. The second-order valence-corrected chi connectivity index (χ2v) is 7.86. The molecule has 0 aromatic heterocycles. The second-order valence-electron chi connectivity index (χ2n) is 6.28. The molecular weight excluding hydrogens is 364 g/mol. The van der Waals surface area contributed by atoms with Gasteiger partial charge < -0.3 is 20.5 Å². The molecule has 0 saturated heterocycles. The van der Waals surface area contributed by atoms with Gasteiger partial charge >= 0.3 is 0 Å². The Morgan fingerprint density at radius 1 is 1.16 bits per heavy atom. The van der Waals surface area contributed by atoms with Gasteiger partial charge in [0.15, 0.2) is 11.5 Å². The van der Waals surface area contributed by atoms with Gasteiger partial charge in [0.1, 0.15) is 13.2 Å². The third kappa shape index (κ3) is 5.59. The lowest BCUT2D eigenvalue weighted by molar-refractivity contribution is -0.121. The van der Waals surface area contributed by atoms with Crippen molar-refractivity contribution in [2.24, 2.45) is 5.73 Å². The summed E-state index contributed by atoms with van der Waals surface area (Å²) >= 11 is 0. The largest absolute Gasteiger partial charge is 0.486 e. The summed E-state index contributed by atoms with van der Waals surface area (Å²) in [6.45, 7) is 1.03. The monoisotopic (exact) mass is 388 g/mol. The van der Waals surface area contributed by atoms with Crippen LogP contribution in [0.1, 0.15) is 32.1 Å². The molecule has 1 aromatic rings. The standard InChI is InChI=1S/C17H24N2O4S.ClH/c18-12-1-3-13(4-2-12)19-17(20)7-10-24(21)14-5-6-15-16(11-14)23-9-8-22-15;/h5-6,11-13H,1-4,7-10,18H2,(H,19,20);1H. The summed E-state index contributed by atoms with van der Waals surface area (Å²) in [6, 6.07) is 5.75. The first-order chi connectivity index (χ1) is 11.6. The zero-order valence-corrected chi connectivity index (χ0v) is 15.7. The first kappa shape index (κ1) is 20.0. The number of amides is 1. The number of nitrogens with one attached hydrogen (secondary N) is 1. The molecule has 6 nitrogen and oxygen atoms in total. The van der Waals surface area contributed by atoms with Crippen molar-refractivity contribution in [2.75, 3.05) is 19.0 Å². The van der Waals surface area contributed by atoms with E-state index in [1.54, 1.807) is 18.2 Å². The molecule has 0 radical (unpaired) electrons. The number of ether oxygens (including phenoxy) is 2. The van der Waals surface area contributed by atoms with Crippen molar-refractivity contribution >= 4 is 29.1 Å². The third-order valence-corrected chi connectivity index (χ3v) is 5.78. The normalized spacial score (nSPS) is 23.2. The summed E-state index contributed by atoms with van der Waals surface area (Å²) in [7, 11) is -1.23. The summed E-state index contributed by atoms with van der Waals surface area (Å²) in [5.74, 6) is 1.56. The zero-order valence-electron chi connectivity index (χ0n) is 14.1. The fourth-order valence-electron chi connectivity index (χ4n) is 3.03. The lowest BCUT2D eigenvalue weighted by Crippen LogP contribution is -2.40. The first-order valence-corrected chi connectivity index (χ1v) is 9.76. The molecule has 1 atom stereocenters. The van der Waals surface area contributed by atoms with Gasteiger partial charge in [-0.3, -0.25) is 9.00 Å². The van der Waals surface area contributed by atoms with Gasteiger partial charge in [0.05, 0.1) is 10.8 Å². The molecule has 0 bridgehead atoms. The van der Waals surface area contributed by atoms with Crippen LogP contribution in [0.3, 0.4) is 0 Å². The quantitative estimate of drug-likeness (QED) is 0.802. The Balaban J connectivity index is 0.00000225. The fraction of sp³-hybridized carbons (Fsp3) is 0.588. The SMILES string of the molecule is Cl.NC1CCC(NC(=O)CCS(=O)c2ccc3c(c2)OCCO3)CC1. The Kier molecular flexibility index (Phi) is 7.53. The van der Waals surface area contributed by atoms with Crippen molar-refractivity contribution in [1.82, 2.24) is 5.32 Å². The highest BCUT2D eigenvalue weighted by molar-refractivity contribution is 7.85. The van der Waals surface area contributed by atoms with Crippen LogP contribution in [0.25, 0.3) is 0 Å². The molecule has 1 heterocycles. The lowest BCUT2D eigenvalue weighted by atomic mass is 9.92. The molecule has 0 spiro atoms. The molecule has 8 heteroatoms. The van der Waals surface area contributed by atoms with Crippen LogP contribution in [-0.4, -0.2) is 41.2 Å². The molecule has 1 fully saturated rings. The van der Waals surface area contributed by atoms with E-state index < -0.39 is 10.8 Å². The van der Waals surface area contributed by atoms with Gasteiger partial charge in [-0.25, -0.2) is 0 Å². The van der Waals surface area contributed by atoms with Gasteiger partial charge in [-0.15, -0.1) is 12.4 Å². The van der Waals surface area contributed by atoms with E-state index in [1.807, 2.05) is 0 Å². The zero-order chi connectivity index (χ0) is 16.9. The predicted molar refractivity (Wildman–Crippen MR) is 98.9 cm³/mol. The molecule has 25 heavy (non-hydrogen) atoms. The van der Waals surface area contributed by atoms with E-state index in [4.69, 9.17) is 15.2 Å². The fourth-order valence-corrected chi connectivity index (χ4v) is 4.10. The van der Waals surface area contributed by atoms with Crippen LogP contribution in [0.15, 0.2) is 23.1 Å². The van der Waals surface area contributed by atoms with Crippen molar-refractivity contribution in [3.8, 4) is 11.5 Å². The van der Waals surface area contributed by atoms with E-state index in [9.17, 15) is 9.00 Å². The minimum atomic E-state index is -1.23. The van der Waals surface area contributed by atoms with Gasteiger partial charge in [-0.05, 0) is 37.8 Å². The van der Waals surface area contributed by atoms with Gasteiger partial charge in [0.25, 0.3) is 0 Å². The summed E-state index contributed by atoms with van der Waals surface area (Å²) in [5, 5.41) is 3.02. The van der Waals surface area contributed by atoms with E-state index in [0.717, 1.165) is 25.7 Å². The average Bonchev–Trinajstić information content (AvgIpc) is 2.61. The van der Waals surface area contributed by atoms with Gasteiger partial charge in [0.2, 0.25) is 5.91 Å². The van der Waals surface area contributed by atoms with Crippen LogP contribution in [0, 0.1) is 0 Å². The highest BCUT2D eigenvalue weighted by Crippen LogP contribution is 2.31. The summed E-state index contributed by atoms with van der Waals surface area (Å²) in [4.78, 5) is 12.7. The molecule has 140 valence electrons. The topological polar surface area (TPSA) is 90.7 Å². The van der Waals surface area contributed by atoms with E-state index in [1.165, 1.54) is 0 Å². The molecule has 1 amide bonds. The van der Waals surface area contributed by atoms with Crippen molar-refractivity contribution in [2.45, 2.75) is 49.1 Å². The molecule has 1 aliphatic heterocycles. The number of hydrogen-bond donors (Lipinski definition) is 2. The highest BCUT2D eigenvalue weighted by Gasteiger charge is 2.20. The Labute approximate surface area is 156 Å². The van der Waals surface area contributed by atoms with E-state index in [0.29, 0.717) is 35.4 Å². The number of rotatable bonds is 5. The van der Waals surface area contributed by atoms with Crippen LogP contribution in [0.5, 0.6) is 11.5 Å². The molecule has 1 aromatic carbocycles. The molecule has 1 saturated carbocycles. The summed E-state index contributed by atoms with van der Waals surface area (Å²) in [5.41, 5.74) is 5.87. The van der Waals surface area contributed by atoms with Gasteiger partial charge in [-0.1, -0.05) is 0 Å². The summed E-state index contributed by atoms with van der Waals surface area (Å²) < 4.78 is 23.3. The Bertz CT molecular complexity index is 621. The van der Waals surface area contributed by atoms with Crippen LogP contribution in [0.2, 0.25) is 0 Å². The first-order valence-electron chi connectivity index (χ1n) is 8.45. The molecule has 2 aliphatic rings. The average molecular weight is 389 g/mol. The van der Waals surface area contributed by atoms with Crippen LogP contribution in [0.4, 0.5) is 0 Å². The molecule has 1 unspecified atom stereocenters. The molecular formula is C17H25ClN2O4S. The van der Waals surface area contributed by atoms with Crippen molar-refractivity contribution in [1.29, 1.82) is 0 Å². The minimum absolute atomic E-state index is 0. The molecule has 3 rings (SSSR count). The van der Waals surface area contributed by atoms with Crippen LogP contribution >= 0.6 is 12.4 Å². The number of carbonyl (C=O) groups is 1. The number of benzene rings is 1. The van der Waals surface area contributed by atoms with Crippen molar-refractivity contribution in [3.05, 3.63) is 18.2 Å². The maximum Gasteiger partial charge on any atom is 0.221 e. The number of hydrogen-bond acceptors (Lipinski definition) is 5. The lowest BCUT2D eigenvalue weighted by Gasteiger charge is -2.26. The van der Waals surface area contributed by atoms with Crippen LogP contribution in [-0.2, 0) is 15.6 Å². The van der Waals surface area contributed by atoms with E-state index in [2.05, 4.69) is 5.32 Å². The third-order valence-electron chi connectivity index (χ3n) is 4.43. The maximum atomic E-state index is 12.4. The number of fused-ring (bicyclic) bond motifs is 1. The molecule has 3 N–H and O–H groups in total. The Morgan fingerprint density at radius 3 is 2.56 bits per heavy atom. The number of carbonyl (C=O) groups excluding carboxylic acids is 1. The van der Waals surface area contributed by atoms with Gasteiger partial charge in [0, 0.05) is 35.2 Å². The maximum absolute atomic E-state index is 12.4. The van der Waals surface area contributed by atoms with Crippen LogP contribution < -0.4 is 20.5 Å². The van der Waals surface area contributed by atoms with E-state index >= 15 is 0 Å². The second kappa shape index (κ2) is 9.40. The number of nitrogens with two attached hydrogens (primary N) is 1. The highest BCUT2D eigenvalue weighted by atomic mass is 35.5. The van der Waals surface area contributed by atoms with Gasteiger partial charge in [-0.2, -0.15) is 0 Å². The predicted octanol–water partition coefficient (Wildman–Crippen LogP) is 1.76. The summed E-state index contributed by atoms with van der Waals surface area (Å²) in [6.07, 6.45) is 4.02. The van der Waals surface area contributed by atoms with Crippen molar-refractivity contribution < 1.29 is 18.5 Å².